The van der Waals surface area contributed by atoms with Crippen LogP contribution in [0.15, 0.2) is 18.2 Å². The smallest absolute Gasteiger partial charge is 0.336 e. The highest BCUT2D eigenvalue weighted by Gasteiger charge is 2.28. The van der Waals surface area contributed by atoms with Crippen LogP contribution in [-0.2, 0) is 11.2 Å². The van der Waals surface area contributed by atoms with E-state index in [4.69, 9.17) is 5.73 Å². The summed E-state index contributed by atoms with van der Waals surface area (Å²) in [6.07, 6.45) is 1.29. The average Bonchev–Trinajstić information content (AvgIpc) is 2.44. The number of nitrogens with zero attached hydrogens (tertiary/aromatic N) is 2. The molecule has 1 aromatic carbocycles. The quantitative estimate of drug-likeness (QED) is 0.854. The molecule has 1 aromatic rings. The molecule has 0 aromatic heterocycles. The van der Waals surface area contributed by atoms with Crippen molar-refractivity contribution in [2.75, 3.05) is 25.0 Å². The number of carboxylic acid groups (broad SMARTS) is 1. The number of anilines is 1. The molecule has 0 saturated heterocycles. The Bertz CT molecular complexity index is 600. The molecular weight excluding hydrogens is 274 g/mol. The van der Waals surface area contributed by atoms with Gasteiger partial charge in [0.2, 0.25) is 5.91 Å². The molecule has 7 nitrogen and oxygen atoms in total. The first kappa shape index (κ1) is 14.8. The van der Waals surface area contributed by atoms with Crippen LogP contribution >= 0.6 is 0 Å². The molecule has 7 heteroatoms. The van der Waals surface area contributed by atoms with Crippen molar-refractivity contribution in [3.63, 3.8) is 0 Å². The lowest BCUT2D eigenvalue weighted by molar-refractivity contribution is -0.118. The van der Waals surface area contributed by atoms with Crippen molar-refractivity contribution in [3.05, 3.63) is 29.3 Å². The maximum absolute atomic E-state index is 12.4. The van der Waals surface area contributed by atoms with Gasteiger partial charge in [-0.15, -0.1) is 0 Å². The van der Waals surface area contributed by atoms with E-state index in [0.29, 0.717) is 30.6 Å². The average molecular weight is 291 g/mol. The largest absolute Gasteiger partial charge is 0.478 e. The highest BCUT2D eigenvalue weighted by molar-refractivity contribution is 5.98. The number of carboxylic acids is 1. The minimum absolute atomic E-state index is 0.177. The van der Waals surface area contributed by atoms with Gasteiger partial charge in [-0.2, -0.15) is 0 Å². The Morgan fingerprint density at radius 2 is 2.10 bits per heavy atom. The highest BCUT2D eigenvalue weighted by atomic mass is 16.4. The third kappa shape index (κ3) is 2.96. The number of amides is 3. The first-order valence-corrected chi connectivity index (χ1v) is 6.58. The van der Waals surface area contributed by atoms with Crippen molar-refractivity contribution in [3.8, 4) is 0 Å². The van der Waals surface area contributed by atoms with Gasteiger partial charge < -0.3 is 15.7 Å². The molecular formula is C14H17N3O4. The van der Waals surface area contributed by atoms with Crippen LogP contribution in [0.1, 0.15) is 22.3 Å². The molecule has 0 aliphatic carbocycles. The van der Waals surface area contributed by atoms with E-state index >= 15 is 0 Å². The van der Waals surface area contributed by atoms with Gasteiger partial charge in [0.25, 0.3) is 0 Å². The predicted molar refractivity (Wildman–Crippen MR) is 76.3 cm³/mol. The minimum atomic E-state index is -1.01. The summed E-state index contributed by atoms with van der Waals surface area (Å²) in [5, 5.41) is 9.22. The van der Waals surface area contributed by atoms with Crippen LogP contribution in [0, 0.1) is 0 Å². The van der Waals surface area contributed by atoms with Crippen LogP contribution in [0.2, 0.25) is 0 Å². The summed E-state index contributed by atoms with van der Waals surface area (Å²) in [7, 11) is 1.49. The second-order valence-corrected chi connectivity index (χ2v) is 4.97. The van der Waals surface area contributed by atoms with E-state index in [-0.39, 0.29) is 18.1 Å². The van der Waals surface area contributed by atoms with E-state index in [0.717, 1.165) is 0 Å². The first-order chi connectivity index (χ1) is 9.91. The van der Waals surface area contributed by atoms with Crippen LogP contribution in [0.25, 0.3) is 0 Å². The lowest BCUT2D eigenvalue weighted by Crippen LogP contribution is -2.46. The molecule has 112 valence electrons. The molecule has 3 amide bonds. The molecule has 0 unspecified atom stereocenters. The molecule has 0 saturated carbocycles. The Hall–Kier alpha value is -2.57. The zero-order chi connectivity index (χ0) is 15.6. The minimum Gasteiger partial charge on any atom is -0.478 e. The number of benzene rings is 1. The van der Waals surface area contributed by atoms with Crippen LogP contribution < -0.4 is 10.6 Å². The van der Waals surface area contributed by atoms with Crippen LogP contribution in [0.5, 0.6) is 0 Å². The highest BCUT2D eigenvalue weighted by Crippen LogP contribution is 2.30. The number of carbonyl (C=O) groups excluding carboxylic acids is 2. The topological polar surface area (TPSA) is 104 Å². The van der Waals surface area contributed by atoms with Crippen molar-refractivity contribution in [2.24, 2.45) is 5.73 Å². The molecule has 0 radical (unpaired) electrons. The Morgan fingerprint density at radius 3 is 2.71 bits per heavy atom. The van der Waals surface area contributed by atoms with Gasteiger partial charge in [0.05, 0.1) is 5.56 Å². The monoisotopic (exact) mass is 291 g/mol. The number of hydrogen-bond donors (Lipinski definition) is 2. The number of nitrogens with two attached hydrogens (primary N) is 1. The molecule has 3 N–H and O–H groups in total. The van der Waals surface area contributed by atoms with Crippen molar-refractivity contribution in [1.82, 2.24) is 4.90 Å². The Balaban J connectivity index is 2.34. The molecule has 1 aliphatic heterocycles. The van der Waals surface area contributed by atoms with Gasteiger partial charge in [-0.25, -0.2) is 9.59 Å². The Labute approximate surface area is 121 Å². The summed E-state index contributed by atoms with van der Waals surface area (Å²) in [5.74, 6) is -1.60. The molecule has 0 spiro atoms. The van der Waals surface area contributed by atoms with Gasteiger partial charge in [-0.05, 0) is 30.5 Å². The Morgan fingerprint density at radius 1 is 1.38 bits per heavy atom. The van der Waals surface area contributed by atoms with Gasteiger partial charge >= 0.3 is 12.0 Å². The molecule has 1 aliphatic rings. The first-order valence-electron chi connectivity index (χ1n) is 6.58. The molecule has 0 fully saturated rings. The van der Waals surface area contributed by atoms with E-state index in [2.05, 4.69) is 0 Å². The number of hydrogen-bond acceptors (Lipinski definition) is 3. The third-order valence-electron chi connectivity index (χ3n) is 3.43. The van der Waals surface area contributed by atoms with E-state index in [1.54, 1.807) is 12.1 Å². The van der Waals surface area contributed by atoms with E-state index in [1.165, 1.54) is 22.9 Å². The van der Waals surface area contributed by atoms with Crippen LogP contribution in [0.4, 0.5) is 10.5 Å². The van der Waals surface area contributed by atoms with Gasteiger partial charge in [0.1, 0.15) is 6.54 Å². The number of carbonyl (C=O) groups is 3. The molecule has 0 bridgehead atoms. The number of primary amides is 1. The van der Waals surface area contributed by atoms with E-state index in [1.807, 2.05) is 0 Å². The number of aromatic carboxylic acids is 1. The van der Waals surface area contributed by atoms with E-state index < -0.39 is 11.9 Å². The molecule has 2 rings (SSSR count). The third-order valence-corrected chi connectivity index (χ3v) is 3.43. The Kier molecular flexibility index (Phi) is 4.11. The summed E-state index contributed by atoms with van der Waals surface area (Å²) >= 11 is 0. The fraction of sp³-hybridized carbons (Fsp3) is 0.357. The van der Waals surface area contributed by atoms with Crippen molar-refractivity contribution in [1.29, 1.82) is 0 Å². The zero-order valence-electron chi connectivity index (χ0n) is 11.7. The SMILES string of the molecule is CN(CC(N)=O)C(=O)N1CCCc2c(C(=O)O)cccc21. The molecule has 21 heavy (non-hydrogen) atoms. The number of likely N-dealkylation sites (N-methyl/N-ethyl adjacent to an activating group) is 1. The summed E-state index contributed by atoms with van der Waals surface area (Å²) in [5.41, 5.74) is 6.54. The lowest BCUT2D eigenvalue weighted by Gasteiger charge is -2.33. The normalized spacial score (nSPS) is 13.5. The second-order valence-electron chi connectivity index (χ2n) is 4.97. The predicted octanol–water partition coefficient (Wildman–Crippen LogP) is 0.675. The summed E-state index contributed by atoms with van der Waals surface area (Å²) in [6, 6.07) is 4.50. The van der Waals surface area contributed by atoms with Gasteiger partial charge in [0, 0.05) is 19.3 Å². The van der Waals surface area contributed by atoms with Crippen molar-refractivity contribution < 1.29 is 19.5 Å². The summed E-state index contributed by atoms with van der Waals surface area (Å²) in [4.78, 5) is 37.3. The van der Waals surface area contributed by atoms with Crippen LogP contribution in [-0.4, -0.2) is 48.1 Å². The van der Waals surface area contributed by atoms with E-state index in [9.17, 15) is 19.5 Å². The number of urea groups is 1. The summed E-state index contributed by atoms with van der Waals surface area (Å²) in [6.45, 7) is 0.307. The zero-order valence-corrected chi connectivity index (χ0v) is 11.7. The maximum Gasteiger partial charge on any atom is 0.336 e. The van der Waals surface area contributed by atoms with Crippen LogP contribution in [0.3, 0.4) is 0 Å². The molecule has 0 atom stereocenters. The van der Waals surface area contributed by atoms with Crippen molar-refractivity contribution >= 4 is 23.6 Å². The summed E-state index contributed by atoms with van der Waals surface area (Å²) < 4.78 is 0. The lowest BCUT2D eigenvalue weighted by atomic mass is 9.96. The fourth-order valence-corrected chi connectivity index (χ4v) is 2.53. The molecule has 1 heterocycles. The van der Waals surface area contributed by atoms with Gasteiger partial charge in [-0.3, -0.25) is 9.69 Å². The number of fused-ring (bicyclic) bond motifs is 1. The van der Waals surface area contributed by atoms with Gasteiger partial charge in [-0.1, -0.05) is 6.07 Å². The second kappa shape index (κ2) is 5.82. The maximum atomic E-state index is 12.4. The van der Waals surface area contributed by atoms with Crippen molar-refractivity contribution in [2.45, 2.75) is 12.8 Å². The fourth-order valence-electron chi connectivity index (χ4n) is 2.53. The van der Waals surface area contributed by atoms with Gasteiger partial charge in [0.15, 0.2) is 0 Å². The number of rotatable bonds is 3. The standard InChI is InChI=1S/C14H17N3O4/c1-16(8-12(15)18)14(21)17-7-3-5-9-10(13(19)20)4-2-6-11(9)17/h2,4,6H,3,5,7-8H2,1H3,(H2,15,18)(H,19,20).